The van der Waals surface area contributed by atoms with E-state index in [0.717, 1.165) is 0 Å². The molecule has 1 aliphatic heterocycles. The molecular formula is C8H12F3NO4. The molecule has 0 aromatic heterocycles. The molecule has 2 N–H and O–H groups in total. The minimum atomic E-state index is -4.96. The zero-order valence-corrected chi connectivity index (χ0v) is 8.45. The number of carbonyl (C=O) groups excluding carboxylic acids is 1. The van der Waals surface area contributed by atoms with Gasteiger partial charge < -0.3 is 19.9 Å². The van der Waals surface area contributed by atoms with Gasteiger partial charge >= 0.3 is 12.1 Å². The summed E-state index contributed by atoms with van der Waals surface area (Å²) < 4.78 is 45.5. The number of hydrogen-bond acceptors (Lipinski definition) is 4. The molecule has 5 nitrogen and oxygen atoms in total. The predicted octanol–water partition coefficient (Wildman–Crippen LogP) is -0.213. The first kappa shape index (κ1) is 13.2. The normalized spacial score (nSPS) is 31.2. The molecule has 1 aliphatic rings. The van der Waals surface area contributed by atoms with Crippen LogP contribution in [0, 0.1) is 0 Å². The lowest BCUT2D eigenvalue weighted by Crippen LogP contribution is -2.55. The lowest BCUT2D eigenvalue weighted by atomic mass is 10.0. The molecule has 0 aliphatic carbocycles. The van der Waals surface area contributed by atoms with Crippen LogP contribution in [0.1, 0.15) is 6.42 Å². The summed E-state index contributed by atoms with van der Waals surface area (Å²) in [5.74, 6) is -2.08. The Labute approximate surface area is 89.5 Å². The topological polar surface area (TPSA) is 67.8 Å². The third-order valence-corrected chi connectivity index (χ3v) is 2.21. The van der Waals surface area contributed by atoms with E-state index in [-0.39, 0.29) is 13.0 Å². The highest BCUT2D eigenvalue weighted by molar-refractivity contribution is 5.82. The molecule has 16 heavy (non-hydrogen) atoms. The number of nitrogens with one attached hydrogen (secondary N) is 1. The van der Waals surface area contributed by atoms with E-state index in [0.29, 0.717) is 0 Å². The molecule has 0 spiro atoms. The van der Waals surface area contributed by atoms with Gasteiger partial charge in [0.1, 0.15) is 6.10 Å². The second kappa shape index (κ2) is 4.98. The van der Waals surface area contributed by atoms with E-state index < -0.39 is 30.5 Å². The van der Waals surface area contributed by atoms with Crippen LogP contribution in [0.25, 0.3) is 0 Å². The van der Waals surface area contributed by atoms with Crippen molar-refractivity contribution in [1.29, 1.82) is 0 Å². The summed E-state index contributed by atoms with van der Waals surface area (Å²) in [6.07, 6.45) is -7.19. The number of alkyl halides is 3. The predicted molar refractivity (Wildman–Crippen MR) is 45.4 cm³/mol. The summed E-state index contributed by atoms with van der Waals surface area (Å²) in [6.45, 7) is 0.109. The average Bonchev–Trinajstić information content (AvgIpc) is 2.19. The van der Waals surface area contributed by atoms with Crippen molar-refractivity contribution in [2.45, 2.75) is 31.0 Å². The maximum absolute atomic E-state index is 12.0. The molecule has 1 rings (SSSR count). The molecular weight excluding hydrogens is 231 g/mol. The first-order valence-corrected chi connectivity index (χ1v) is 4.56. The Kier molecular flexibility index (Phi) is 4.11. The molecule has 0 saturated carbocycles. The number of halogens is 3. The van der Waals surface area contributed by atoms with Crippen LogP contribution in [-0.4, -0.2) is 49.3 Å². The van der Waals surface area contributed by atoms with Gasteiger partial charge in [0.25, 0.3) is 0 Å². The largest absolute Gasteiger partial charge is 0.471 e. The van der Waals surface area contributed by atoms with E-state index in [1.165, 1.54) is 7.11 Å². The molecule has 0 unspecified atom stereocenters. The van der Waals surface area contributed by atoms with Gasteiger partial charge in [0.05, 0.1) is 12.6 Å². The number of ether oxygens (including phenoxy) is 2. The highest BCUT2D eigenvalue weighted by atomic mass is 19.4. The Morgan fingerprint density at radius 3 is 2.69 bits per heavy atom. The lowest BCUT2D eigenvalue weighted by Gasteiger charge is -2.34. The van der Waals surface area contributed by atoms with E-state index in [4.69, 9.17) is 9.47 Å². The molecule has 1 heterocycles. The van der Waals surface area contributed by atoms with Crippen LogP contribution in [0.15, 0.2) is 0 Å². The number of aliphatic hydroxyl groups is 1. The highest BCUT2D eigenvalue weighted by Gasteiger charge is 2.42. The molecule has 0 aromatic carbocycles. The Hall–Kier alpha value is -0.860. The SMILES string of the molecule is CO[C@@H]1OCC[C@@H](NC(=O)C(F)(F)F)[C@H]1O. The van der Waals surface area contributed by atoms with E-state index in [9.17, 15) is 23.1 Å². The van der Waals surface area contributed by atoms with Crippen molar-refractivity contribution in [2.75, 3.05) is 13.7 Å². The van der Waals surface area contributed by atoms with E-state index in [1.54, 1.807) is 5.32 Å². The quantitative estimate of drug-likeness (QED) is 0.704. The van der Waals surface area contributed by atoms with Crippen molar-refractivity contribution >= 4 is 5.91 Å². The van der Waals surface area contributed by atoms with Crippen LogP contribution in [-0.2, 0) is 14.3 Å². The van der Waals surface area contributed by atoms with E-state index in [2.05, 4.69) is 0 Å². The van der Waals surface area contributed by atoms with Crippen LogP contribution in [0.3, 0.4) is 0 Å². The van der Waals surface area contributed by atoms with Gasteiger partial charge in [0, 0.05) is 7.11 Å². The fraction of sp³-hybridized carbons (Fsp3) is 0.875. The highest BCUT2D eigenvalue weighted by Crippen LogP contribution is 2.19. The molecule has 0 aromatic rings. The number of methoxy groups -OCH3 is 1. The molecule has 0 bridgehead atoms. The first-order chi connectivity index (χ1) is 7.36. The zero-order valence-electron chi connectivity index (χ0n) is 8.45. The number of rotatable bonds is 2. The van der Waals surface area contributed by atoms with Crippen molar-refractivity contribution in [2.24, 2.45) is 0 Å². The van der Waals surface area contributed by atoms with Crippen LogP contribution in [0.2, 0.25) is 0 Å². The first-order valence-electron chi connectivity index (χ1n) is 4.56. The van der Waals surface area contributed by atoms with Gasteiger partial charge in [0.15, 0.2) is 6.29 Å². The monoisotopic (exact) mass is 243 g/mol. The zero-order chi connectivity index (χ0) is 12.3. The van der Waals surface area contributed by atoms with Crippen LogP contribution < -0.4 is 5.32 Å². The van der Waals surface area contributed by atoms with Crippen molar-refractivity contribution in [3.63, 3.8) is 0 Å². The van der Waals surface area contributed by atoms with Crippen molar-refractivity contribution in [3.8, 4) is 0 Å². The fourth-order valence-corrected chi connectivity index (χ4v) is 1.39. The van der Waals surface area contributed by atoms with Gasteiger partial charge in [-0.25, -0.2) is 0 Å². The molecule has 1 fully saturated rings. The second-order valence-corrected chi connectivity index (χ2v) is 3.33. The minimum absolute atomic E-state index is 0.100. The molecule has 1 amide bonds. The van der Waals surface area contributed by atoms with Gasteiger partial charge in [-0.15, -0.1) is 0 Å². The Bertz CT molecular complexity index is 258. The summed E-state index contributed by atoms with van der Waals surface area (Å²) in [5.41, 5.74) is 0. The standard InChI is InChI=1S/C8H12F3NO4/c1-15-6-5(13)4(2-3-16-6)12-7(14)8(9,10)11/h4-6,13H,2-3H2,1H3,(H,12,14)/t4-,5-,6-/m1/s1. The molecule has 8 heteroatoms. The third-order valence-electron chi connectivity index (χ3n) is 2.21. The third kappa shape index (κ3) is 3.06. The summed E-state index contributed by atoms with van der Waals surface area (Å²) >= 11 is 0. The Morgan fingerprint density at radius 2 is 2.19 bits per heavy atom. The molecule has 3 atom stereocenters. The number of aliphatic hydroxyl groups excluding tert-OH is 1. The average molecular weight is 243 g/mol. The minimum Gasteiger partial charge on any atom is -0.386 e. The second-order valence-electron chi connectivity index (χ2n) is 3.33. The van der Waals surface area contributed by atoms with Crippen LogP contribution in [0.4, 0.5) is 13.2 Å². The maximum Gasteiger partial charge on any atom is 0.471 e. The van der Waals surface area contributed by atoms with Crippen molar-refractivity contribution < 1.29 is 32.5 Å². The van der Waals surface area contributed by atoms with Crippen molar-refractivity contribution in [1.82, 2.24) is 5.32 Å². The molecule has 1 saturated heterocycles. The summed E-state index contributed by atoms with van der Waals surface area (Å²) in [4.78, 5) is 10.6. The summed E-state index contributed by atoms with van der Waals surface area (Å²) in [7, 11) is 1.25. The number of amides is 1. The van der Waals surface area contributed by atoms with E-state index >= 15 is 0 Å². The van der Waals surface area contributed by atoms with Gasteiger partial charge in [-0.3, -0.25) is 4.79 Å². The van der Waals surface area contributed by atoms with Gasteiger partial charge in [-0.2, -0.15) is 13.2 Å². The Morgan fingerprint density at radius 1 is 1.56 bits per heavy atom. The fourth-order valence-electron chi connectivity index (χ4n) is 1.39. The van der Waals surface area contributed by atoms with E-state index in [1.807, 2.05) is 0 Å². The molecule has 94 valence electrons. The number of carbonyl (C=O) groups is 1. The van der Waals surface area contributed by atoms with Gasteiger partial charge in [-0.05, 0) is 6.42 Å². The molecule has 0 radical (unpaired) electrons. The van der Waals surface area contributed by atoms with Gasteiger partial charge in [0.2, 0.25) is 0 Å². The van der Waals surface area contributed by atoms with Gasteiger partial charge in [-0.1, -0.05) is 0 Å². The maximum atomic E-state index is 12.0. The lowest BCUT2D eigenvalue weighted by molar-refractivity contribution is -0.214. The smallest absolute Gasteiger partial charge is 0.386 e. The summed E-state index contributed by atoms with van der Waals surface area (Å²) in [6, 6.07) is -1.02. The van der Waals surface area contributed by atoms with Crippen molar-refractivity contribution in [3.05, 3.63) is 0 Å². The number of hydrogen-bond donors (Lipinski definition) is 2. The summed E-state index contributed by atoms with van der Waals surface area (Å²) in [5, 5.41) is 11.2. The van der Waals surface area contributed by atoms with Crippen LogP contribution in [0.5, 0.6) is 0 Å². The Balaban J connectivity index is 2.57. The van der Waals surface area contributed by atoms with Crippen LogP contribution >= 0.6 is 0 Å².